The van der Waals surface area contributed by atoms with Gasteiger partial charge in [-0.25, -0.2) is 9.67 Å². The molecule has 0 aliphatic rings. The van der Waals surface area contributed by atoms with Gasteiger partial charge in [-0.3, -0.25) is 4.79 Å². The summed E-state index contributed by atoms with van der Waals surface area (Å²) in [6.45, 7) is 2.71. The summed E-state index contributed by atoms with van der Waals surface area (Å²) in [6.07, 6.45) is 4.59. The van der Waals surface area contributed by atoms with Crippen molar-refractivity contribution in [2.45, 2.75) is 32.7 Å². The van der Waals surface area contributed by atoms with Gasteiger partial charge in [-0.15, -0.1) is 16.4 Å². The number of hydrogen-bond donors (Lipinski definition) is 2. The first kappa shape index (κ1) is 14.6. The summed E-state index contributed by atoms with van der Waals surface area (Å²) in [5.74, 6) is -0.155. The predicted molar refractivity (Wildman–Crippen MR) is 77.5 cm³/mol. The normalized spacial score (nSPS) is 10.7. The number of thiazole rings is 1. The molecule has 8 heteroatoms. The van der Waals surface area contributed by atoms with Crippen LogP contribution in [0.4, 0.5) is 5.13 Å². The Hall–Kier alpha value is -1.80. The molecule has 1 amide bonds. The average Bonchev–Trinajstić information content (AvgIpc) is 2.99. The number of anilines is 1. The third-order valence-electron chi connectivity index (χ3n) is 2.64. The van der Waals surface area contributed by atoms with Crippen molar-refractivity contribution in [3.05, 3.63) is 23.0 Å². The van der Waals surface area contributed by atoms with Crippen LogP contribution < -0.4 is 11.1 Å². The Balaban J connectivity index is 1.82. The van der Waals surface area contributed by atoms with Gasteiger partial charge < -0.3 is 11.1 Å². The molecule has 2 heterocycles. The lowest BCUT2D eigenvalue weighted by molar-refractivity contribution is -0.116. The summed E-state index contributed by atoms with van der Waals surface area (Å²) in [4.78, 5) is 16.0. The second kappa shape index (κ2) is 7.11. The zero-order valence-electron chi connectivity index (χ0n) is 11.4. The standard InChI is InChI=1S/C12H18N6OS/c1-9-8-20-12(14-9)15-11(19)7-18-6-10(16-17-18)4-2-3-5-13/h6,8H,2-5,7,13H2,1H3,(H,14,15,19). The third-order valence-corrected chi connectivity index (χ3v) is 3.52. The van der Waals surface area contributed by atoms with Crippen molar-refractivity contribution in [2.24, 2.45) is 5.73 Å². The van der Waals surface area contributed by atoms with Gasteiger partial charge >= 0.3 is 0 Å². The Labute approximate surface area is 121 Å². The minimum absolute atomic E-state index is 0.141. The molecule has 0 aliphatic carbocycles. The topological polar surface area (TPSA) is 98.7 Å². The number of amides is 1. The largest absolute Gasteiger partial charge is 0.330 e. The second-order valence-corrected chi connectivity index (χ2v) is 5.35. The molecule has 0 bridgehead atoms. The van der Waals surface area contributed by atoms with Crippen LogP contribution in [0.2, 0.25) is 0 Å². The summed E-state index contributed by atoms with van der Waals surface area (Å²) < 4.78 is 1.54. The number of nitrogens with one attached hydrogen (secondary N) is 1. The number of unbranched alkanes of at least 4 members (excludes halogenated alkanes) is 1. The lowest BCUT2D eigenvalue weighted by atomic mass is 10.2. The number of hydrogen-bond acceptors (Lipinski definition) is 6. The maximum Gasteiger partial charge on any atom is 0.247 e. The number of carbonyl (C=O) groups excluding carboxylic acids is 1. The van der Waals surface area contributed by atoms with Gasteiger partial charge in [0.25, 0.3) is 0 Å². The molecular formula is C12H18N6OS. The first-order valence-corrected chi connectivity index (χ1v) is 7.36. The summed E-state index contributed by atoms with van der Waals surface area (Å²) in [6, 6.07) is 0. The molecule has 108 valence electrons. The average molecular weight is 294 g/mol. The maximum absolute atomic E-state index is 11.8. The quantitative estimate of drug-likeness (QED) is 0.741. The molecule has 0 saturated carbocycles. The van der Waals surface area contributed by atoms with E-state index in [0.717, 1.165) is 30.7 Å². The van der Waals surface area contributed by atoms with Crippen molar-refractivity contribution >= 4 is 22.4 Å². The first-order chi connectivity index (χ1) is 9.67. The Morgan fingerprint density at radius 3 is 3.05 bits per heavy atom. The van der Waals surface area contributed by atoms with Gasteiger partial charge in [-0.2, -0.15) is 0 Å². The minimum atomic E-state index is -0.155. The van der Waals surface area contributed by atoms with Crippen molar-refractivity contribution in [3.8, 4) is 0 Å². The van der Waals surface area contributed by atoms with Crippen LogP contribution in [-0.2, 0) is 17.8 Å². The van der Waals surface area contributed by atoms with E-state index in [-0.39, 0.29) is 12.5 Å². The molecule has 0 aromatic carbocycles. The van der Waals surface area contributed by atoms with E-state index < -0.39 is 0 Å². The van der Waals surface area contributed by atoms with E-state index >= 15 is 0 Å². The number of carbonyl (C=O) groups is 1. The van der Waals surface area contributed by atoms with E-state index in [1.165, 1.54) is 16.0 Å². The zero-order valence-corrected chi connectivity index (χ0v) is 12.2. The lowest BCUT2D eigenvalue weighted by Gasteiger charge is -2.00. The van der Waals surface area contributed by atoms with Crippen molar-refractivity contribution in [2.75, 3.05) is 11.9 Å². The van der Waals surface area contributed by atoms with Gasteiger partial charge in [0.15, 0.2) is 5.13 Å². The van der Waals surface area contributed by atoms with E-state index in [1.54, 1.807) is 6.20 Å². The number of nitrogens with two attached hydrogens (primary N) is 1. The fourth-order valence-electron chi connectivity index (χ4n) is 1.70. The molecule has 3 N–H and O–H groups in total. The van der Waals surface area contributed by atoms with Gasteiger partial charge in [0.1, 0.15) is 6.54 Å². The fraction of sp³-hybridized carbons (Fsp3) is 0.500. The number of nitrogens with zero attached hydrogens (tertiary/aromatic N) is 4. The molecule has 0 unspecified atom stereocenters. The monoisotopic (exact) mass is 294 g/mol. The van der Waals surface area contributed by atoms with Gasteiger partial charge in [0.2, 0.25) is 5.91 Å². The molecule has 0 radical (unpaired) electrons. The Bertz CT molecular complexity index is 564. The van der Waals surface area contributed by atoms with Crippen molar-refractivity contribution < 1.29 is 4.79 Å². The molecule has 0 spiro atoms. The van der Waals surface area contributed by atoms with E-state index in [1.807, 2.05) is 12.3 Å². The SMILES string of the molecule is Cc1csc(NC(=O)Cn2cc(CCCCN)nn2)n1. The molecule has 20 heavy (non-hydrogen) atoms. The zero-order chi connectivity index (χ0) is 14.4. The van der Waals surface area contributed by atoms with Crippen LogP contribution in [0.25, 0.3) is 0 Å². The van der Waals surface area contributed by atoms with Crippen LogP contribution >= 0.6 is 11.3 Å². The van der Waals surface area contributed by atoms with E-state index in [4.69, 9.17) is 5.73 Å². The molecule has 2 rings (SSSR count). The molecule has 2 aromatic heterocycles. The summed E-state index contributed by atoms with van der Waals surface area (Å²) in [5.41, 5.74) is 7.22. The highest BCUT2D eigenvalue weighted by Gasteiger charge is 2.08. The Morgan fingerprint density at radius 1 is 1.50 bits per heavy atom. The first-order valence-electron chi connectivity index (χ1n) is 6.48. The highest BCUT2D eigenvalue weighted by Crippen LogP contribution is 2.14. The third kappa shape index (κ3) is 4.39. The molecule has 0 aliphatic heterocycles. The highest BCUT2D eigenvalue weighted by atomic mass is 32.1. The van der Waals surface area contributed by atoms with Crippen LogP contribution in [-0.4, -0.2) is 32.4 Å². The second-order valence-electron chi connectivity index (χ2n) is 4.50. The molecule has 0 atom stereocenters. The van der Waals surface area contributed by atoms with Gasteiger partial charge in [-0.1, -0.05) is 5.21 Å². The molecule has 0 fully saturated rings. The lowest BCUT2D eigenvalue weighted by Crippen LogP contribution is -2.19. The maximum atomic E-state index is 11.8. The molecule has 0 saturated heterocycles. The van der Waals surface area contributed by atoms with E-state index in [2.05, 4.69) is 20.6 Å². The van der Waals surface area contributed by atoms with Crippen molar-refractivity contribution in [3.63, 3.8) is 0 Å². The van der Waals surface area contributed by atoms with Crippen LogP contribution in [0.1, 0.15) is 24.2 Å². The van der Waals surface area contributed by atoms with Crippen LogP contribution in [0.5, 0.6) is 0 Å². The molecule has 2 aromatic rings. The van der Waals surface area contributed by atoms with Crippen LogP contribution in [0.3, 0.4) is 0 Å². The number of rotatable bonds is 7. The van der Waals surface area contributed by atoms with Crippen LogP contribution in [0.15, 0.2) is 11.6 Å². The molecular weight excluding hydrogens is 276 g/mol. The Kier molecular flexibility index (Phi) is 5.19. The minimum Gasteiger partial charge on any atom is -0.330 e. The fourth-order valence-corrected chi connectivity index (χ4v) is 2.40. The summed E-state index contributed by atoms with van der Waals surface area (Å²) in [5, 5.41) is 13.2. The Morgan fingerprint density at radius 2 is 2.35 bits per heavy atom. The van der Waals surface area contributed by atoms with Crippen molar-refractivity contribution in [1.29, 1.82) is 0 Å². The predicted octanol–water partition coefficient (Wildman–Crippen LogP) is 0.963. The van der Waals surface area contributed by atoms with Gasteiger partial charge in [-0.05, 0) is 32.7 Å². The summed E-state index contributed by atoms with van der Waals surface area (Å²) >= 11 is 1.41. The smallest absolute Gasteiger partial charge is 0.247 e. The summed E-state index contributed by atoms with van der Waals surface area (Å²) in [7, 11) is 0. The number of aromatic nitrogens is 4. The van der Waals surface area contributed by atoms with Crippen molar-refractivity contribution in [1.82, 2.24) is 20.0 Å². The van der Waals surface area contributed by atoms with E-state index in [0.29, 0.717) is 11.7 Å². The van der Waals surface area contributed by atoms with E-state index in [9.17, 15) is 4.79 Å². The molecule has 7 nitrogen and oxygen atoms in total. The van der Waals surface area contributed by atoms with Crippen LogP contribution in [0, 0.1) is 6.92 Å². The van der Waals surface area contributed by atoms with Gasteiger partial charge in [0.05, 0.1) is 11.4 Å². The number of aryl methyl sites for hydroxylation is 2. The highest BCUT2D eigenvalue weighted by molar-refractivity contribution is 7.13. The van der Waals surface area contributed by atoms with Gasteiger partial charge in [0, 0.05) is 11.6 Å².